The van der Waals surface area contributed by atoms with E-state index in [4.69, 9.17) is 11.6 Å². The van der Waals surface area contributed by atoms with Crippen LogP contribution >= 0.6 is 11.6 Å². The average Bonchev–Trinajstić information content (AvgIpc) is 2.73. The average molecular weight is 374 g/mol. The number of halogens is 1. The van der Waals surface area contributed by atoms with Crippen molar-refractivity contribution >= 4 is 29.2 Å². The van der Waals surface area contributed by atoms with Crippen LogP contribution in [0.15, 0.2) is 78.9 Å². The van der Waals surface area contributed by atoms with Crippen LogP contribution in [0.4, 0.5) is 0 Å². The van der Waals surface area contributed by atoms with Crippen LogP contribution in [-0.2, 0) is 17.8 Å². The fourth-order valence-electron chi connectivity index (χ4n) is 3.47. The van der Waals surface area contributed by atoms with Gasteiger partial charge in [-0.3, -0.25) is 4.79 Å². The van der Waals surface area contributed by atoms with Gasteiger partial charge in [0.15, 0.2) is 0 Å². The molecule has 0 fully saturated rings. The van der Waals surface area contributed by atoms with Gasteiger partial charge in [0, 0.05) is 23.7 Å². The molecule has 0 atom stereocenters. The largest absolute Gasteiger partial charge is 0.334 e. The van der Waals surface area contributed by atoms with Gasteiger partial charge in [-0.15, -0.1) is 0 Å². The number of benzene rings is 3. The monoisotopic (exact) mass is 373 g/mol. The van der Waals surface area contributed by atoms with Gasteiger partial charge >= 0.3 is 0 Å². The van der Waals surface area contributed by atoms with Crippen LogP contribution in [-0.4, -0.2) is 17.4 Å². The van der Waals surface area contributed by atoms with E-state index in [0.717, 1.165) is 24.1 Å². The molecule has 0 saturated heterocycles. The summed E-state index contributed by atoms with van der Waals surface area (Å²) in [6.07, 6.45) is 2.79. The van der Waals surface area contributed by atoms with Crippen molar-refractivity contribution in [2.75, 3.05) is 6.54 Å². The molecule has 0 aromatic heterocycles. The molecular weight excluding hydrogens is 354 g/mol. The van der Waals surface area contributed by atoms with Crippen LogP contribution in [0.2, 0.25) is 5.02 Å². The number of carbonyl (C=O) groups excluding carboxylic acids is 1. The van der Waals surface area contributed by atoms with E-state index in [1.807, 2.05) is 71.6 Å². The Labute approximate surface area is 164 Å². The van der Waals surface area contributed by atoms with Crippen molar-refractivity contribution in [2.45, 2.75) is 13.0 Å². The molecule has 0 aliphatic carbocycles. The standard InChI is InChI=1S/C24H20ClNO/c25-23-13-7-6-11-20(23)16-22(19-9-2-1-3-10-19)24(27)26-15-14-18-8-4-5-12-21(18)17-26/h1-13,16H,14-15,17H2/b22-16+. The highest BCUT2D eigenvalue weighted by Gasteiger charge is 2.24. The zero-order chi connectivity index (χ0) is 18.6. The third kappa shape index (κ3) is 3.81. The molecule has 1 aliphatic heterocycles. The molecule has 1 heterocycles. The Morgan fingerprint density at radius 1 is 0.852 bits per heavy atom. The van der Waals surface area contributed by atoms with E-state index in [2.05, 4.69) is 18.2 Å². The van der Waals surface area contributed by atoms with Crippen LogP contribution < -0.4 is 0 Å². The minimum Gasteiger partial charge on any atom is -0.334 e. The molecule has 27 heavy (non-hydrogen) atoms. The van der Waals surface area contributed by atoms with Gasteiger partial charge in [0.05, 0.1) is 0 Å². The first-order chi connectivity index (χ1) is 13.2. The molecule has 0 spiro atoms. The van der Waals surface area contributed by atoms with Crippen LogP contribution in [0, 0.1) is 0 Å². The number of hydrogen-bond donors (Lipinski definition) is 0. The second-order valence-electron chi connectivity index (χ2n) is 6.69. The summed E-state index contributed by atoms with van der Waals surface area (Å²) in [4.78, 5) is 15.4. The predicted octanol–water partition coefficient (Wildman–Crippen LogP) is 5.47. The maximum atomic E-state index is 13.4. The maximum absolute atomic E-state index is 13.4. The van der Waals surface area contributed by atoms with E-state index in [0.29, 0.717) is 17.1 Å². The quantitative estimate of drug-likeness (QED) is 0.440. The van der Waals surface area contributed by atoms with Crippen molar-refractivity contribution in [3.8, 4) is 0 Å². The third-order valence-corrected chi connectivity index (χ3v) is 5.28. The van der Waals surface area contributed by atoms with E-state index < -0.39 is 0 Å². The zero-order valence-corrected chi connectivity index (χ0v) is 15.7. The van der Waals surface area contributed by atoms with Crippen LogP contribution in [0.25, 0.3) is 11.6 Å². The van der Waals surface area contributed by atoms with Crippen molar-refractivity contribution in [2.24, 2.45) is 0 Å². The summed E-state index contributed by atoms with van der Waals surface area (Å²) in [5.74, 6) is 0.0376. The van der Waals surface area contributed by atoms with Crippen molar-refractivity contribution in [1.29, 1.82) is 0 Å². The van der Waals surface area contributed by atoms with Crippen molar-refractivity contribution < 1.29 is 4.79 Å². The van der Waals surface area contributed by atoms with Gasteiger partial charge in [0.2, 0.25) is 0 Å². The molecule has 0 saturated carbocycles. The second kappa shape index (κ2) is 7.81. The Balaban J connectivity index is 1.71. The number of nitrogens with zero attached hydrogens (tertiary/aromatic N) is 1. The lowest BCUT2D eigenvalue weighted by Gasteiger charge is -2.30. The maximum Gasteiger partial charge on any atom is 0.254 e. The van der Waals surface area contributed by atoms with Crippen molar-refractivity contribution in [3.63, 3.8) is 0 Å². The Kier molecular flexibility index (Phi) is 5.08. The molecule has 0 N–H and O–H groups in total. The number of rotatable bonds is 3. The lowest BCUT2D eigenvalue weighted by Crippen LogP contribution is -2.36. The molecule has 3 aromatic carbocycles. The molecule has 4 rings (SSSR count). The Hall–Kier alpha value is -2.84. The summed E-state index contributed by atoms with van der Waals surface area (Å²) in [6.45, 7) is 1.37. The number of fused-ring (bicyclic) bond motifs is 1. The SMILES string of the molecule is O=C(/C(=C/c1ccccc1Cl)c1ccccc1)N1CCc2ccccc2C1. The molecular formula is C24H20ClNO. The van der Waals surface area contributed by atoms with E-state index in [1.165, 1.54) is 11.1 Å². The van der Waals surface area contributed by atoms with Crippen molar-refractivity contribution in [1.82, 2.24) is 4.90 Å². The van der Waals surface area contributed by atoms with E-state index in [-0.39, 0.29) is 5.91 Å². The summed E-state index contributed by atoms with van der Waals surface area (Å²) in [5.41, 5.74) is 4.98. The van der Waals surface area contributed by atoms with Gasteiger partial charge in [-0.25, -0.2) is 0 Å². The second-order valence-corrected chi connectivity index (χ2v) is 7.10. The molecule has 3 heteroatoms. The summed E-state index contributed by atoms with van der Waals surface area (Å²) in [5, 5.41) is 0.641. The molecule has 1 aliphatic rings. The van der Waals surface area contributed by atoms with E-state index in [1.54, 1.807) is 0 Å². The molecule has 3 aromatic rings. The van der Waals surface area contributed by atoms with Crippen LogP contribution in [0.3, 0.4) is 0 Å². The molecule has 134 valence electrons. The van der Waals surface area contributed by atoms with Gasteiger partial charge in [0.25, 0.3) is 5.91 Å². The number of hydrogen-bond acceptors (Lipinski definition) is 1. The Morgan fingerprint density at radius 2 is 1.52 bits per heavy atom. The highest BCUT2D eigenvalue weighted by atomic mass is 35.5. The minimum absolute atomic E-state index is 0.0376. The van der Waals surface area contributed by atoms with Gasteiger partial charge in [-0.2, -0.15) is 0 Å². The van der Waals surface area contributed by atoms with Gasteiger partial charge in [-0.05, 0) is 40.8 Å². The summed E-state index contributed by atoms with van der Waals surface area (Å²) >= 11 is 6.34. The van der Waals surface area contributed by atoms with Crippen LogP contribution in [0.1, 0.15) is 22.3 Å². The van der Waals surface area contributed by atoms with Gasteiger partial charge < -0.3 is 4.90 Å². The first-order valence-corrected chi connectivity index (χ1v) is 9.48. The Bertz CT molecular complexity index is 994. The summed E-state index contributed by atoms with van der Waals surface area (Å²) in [7, 11) is 0. The minimum atomic E-state index is 0.0376. The summed E-state index contributed by atoms with van der Waals surface area (Å²) < 4.78 is 0. The van der Waals surface area contributed by atoms with E-state index in [9.17, 15) is 4.79 Å². The first-order valence-electron chi connectivity index (χ1n) is 9.10. The Morgan fingerprint density at radius 3 is 2.30 bits per heavy atom. The molecule has 2 nitrogen and oxygen atoms in total. The normalized spacial score (nSPS) is 14.0. The first kappa shape index (κ1) is 17.6. The number of amides is 1. The fourth-order valence-corrected chi connectivity index (χ4v) is 3.66. The zero-order valence-electron chi connectivity index (χ0n) is 14.9. The smallest absolute Gasteiger partial charge is 0.254 e. The van der Waals surface area contributed by atoms with Crippen LogP contribution in [0.5, 0.6) is 0 Å². The predicted molar refractivity (Wildman–Crippen MR) is 111 cm³/mol. The highest BCUT2D eigenvalue weighted by molar-refractivity contribution is 6.33. The number of carbonyl (C=O) groups is 1. The topological polar surface area (TPSA) is 20.3 Å². The van der Waals surface area contributed by atoms with Gasteiger partial charge in [0.1, 0.15) is 0 Å². The van der Waals surface area contributed by atoms with Crippen molar-refractivity contribution in [3.05, 3.63) is 106 Å². The molecule has 0 bridgehead atoms. The molecule has 0 radical (unpaired) electrons. The molecule has 1 amide bonds. The summed E-state index contributed by atoms with van der Waals surface area (Å²) in [6, 6.07) is 25.8. The lowest BCUT2D eigenvalue weighted by molar-refractivity contribution is -0.125. The highest BCUT2D eigenvalue weighted by Crippen LogP contribution is 2.27. The van der Waals surface area contributed by atoms with E-state index >= 15 is 0 Å². The van der Waals surface area contributed by atoms with Gasteiger partial charge in [-0.1, -0.05) is 84.4 Å². The third-order valence-electron chi connectivity index (χ3n) is 4.94. The molecule has 0 unspecified atom stereocenters. The lowest BCUT2D eigenvalue weighted by atomic mass is 9.97. The fraction of sp³-hybridized carbons (Fsp3) is 0.125.